The van der Waals surface area contributed by atoms with Gasteiger partial charge in [-0.2, -0.15) is 9.49 Å². The topological polar surface area (TPSA) is 103 Å². The van der Waals surface area contributed by atoms with E-state index in [9.17, 15) is 14.3 Å². The first-order valence-electron chi connectivity index (χ1n) is 12.5. The van der Waals surface area contributed by atoms with E-state index in [1.807, 2.05) is 27.7 Å². The van der Waals surface area contributed by atoms with Gasteiger partial charge in [0, 0.05) is 49.1 Å². The maximum Gasteiger partial charge on any atom is 0.407 e. The van der Waals surface area contributed by atoms with Crippen molar-refractivity contribution in [2.24, 2.45) is 12.5 Å². The van der Waals surface area contributed by atoms with Crippen molar-refractivity contribution in [2.75, 3.05) is 13.7 Å². The molecule has 9 nitrogen and oxygen atoms in total. The maximum atomic E-state index is 15.1. The third-order valence-corrected chi connectivity index (χ3v) is 6.67. The zero-order chi connectivity index (χ0) is 28.5. The molecule has 3 aromatic heterocycles. The third-order valence-electron chi connectivity index (χ3n) is 6.67. The Kier molecular flexibility index (Phi) is 7.91. The van der Waals surface area contributed by atoms with Gasteiger partial charge in [-0.25, -0.2) is 14.2 Å². The smallest absolute Gasteiger partial charge is 0.407 e. The Balaban J connectivity index is 1.63. The standard InChI is InChI=1S/C28H33F2N5O4/c1-16-19(24(33-34(16)6)26(36)28(2,3)4)11-12-38-25-20(8-9-21(29)23(25)30)17-7-10-22-32-13-18(35(22)14-17)15-39-27(37)31-5/h7-10,13-14,26,36H,11-12,15H2,1-6H3,(H,31,37). The molecule has 0 aliphatic heterocycles. The predicted octanol–water partition coefficient (Wildman–Crippen LogP) is 4.88. The molecule has 4 aromatic rings. The number of nitrogens with one attached hydrogen (secondary N) is 1. The molecule has 0 aliphatic rings. The van der Waals surface area contributed by atoms with Gasteiger partial charge in [-0.05, 0) is 36.6 Å². The summed E-state index contributed by atoms with van der Waals surface area (Å²) in [5, 5.41) is 17.8. The Morgan fingerprint density at radius 1 is 1.21 bits per heavy atom. The SMILES string of the molecule is CNC(=O)OCc1cnc2ccc(-c3ccc(F)c(F)c3OCCc3c(C(O)C(C)(C)C)nn(C)c3C)cn12. The van der Waals surface area contributed by atoms with Crippen LogP contribution in [0.5, 0.6) is 5.75 Å². The summed E-state index contributed by atoms with van der Waals surface area (Å²) in [6, 6.07) is 5.96. The largest absolute Gasteiger partial charge is 0.489 e. The van der Waals surface area contributed by atoms with E-state index in [0.29, 0.717) is 34.6 Å². The molecule has 0 saturated heterocycles. The highest BCUT2D eigenvalue weighted by molar-refractivity contribution is 5.71. The number of aromatic nitrogens is 4. The average molecular weight is 542 g/mol. The second kappa shape index (κ2) is 11.0. The van der Waals surface area contributed by atoms with E-state index in [0.717, 1.165) is 17.3 Å². The van der Waals surface area contributed by atoms with Crippen LogP contribution in [-0.2, 0) is 24.8 Å². The number of ether oxygens (including phenoxy) is 2. The van der Waals surface area contributed by atoms with Gasteiger partial charge in [-0.15, -0.1) is 0 Å². The fourth-order valence-corrected chi connectivity index (χ4v) is 4.28. The molecule has 1 aromatic carbocycles. The van der Waals surface area contributed by atoms with Gasteiger partial charge in [0.2, 0.25) is 5.82 Å². The van der Waals surface area contributed by atoms with Gasteiger partial charge in [-0.3, -0.25) is 9.08 Å². The van der Waals surface area contributed by atoms with Crippen molar-refractivity contribution in [1.82, 2.24) is 24.5 Å². The molecule has 11 heteroatoms. The van der Waals surface area contributed by atoms with Crippen molar-refractivity contribution in [3.63, 3.8) is 0 Å². The summed E-state index contributed by atoms with van der Waals surface area (Å²) in [4.78, 5) is 15.8. The molecule has 0 spiro atoms. The van der Waals surface area contributed by atoms with Gasteiger partial charge in [-0.1, -0.05) is 20.8 Å². The van der Waals surface area contributed by atoms with Crippen molar-refractivity contribution in [2.45, 2.75) is 46.8 Å². The van der Waals surface area contributed by atoms with E-state index in [4.69, 9.17) is 9.47 Å². The number of aryl methyl sites for hydroxylation is 1. The van der Waals surface area contributed by atoms with Gasteiger partial charge < -0.3 is 19.9 Å². The highest BCUT2D eigenvalue weighted by Crippen LogP contribution is 2.36. The van der Waals surface area contributed by atoms with Crippen LogP contribution in [0.3, 0.4) is 0 Å². The Morgan fingerprint density at radius 3 is 2.64 bits per heavy atom. The van der Waals surface area contributed by atoms with Gasteiger partial charge in [0.15, 0.2) is 11.6 Å². The lowest BCUT2D eigenvalue weighted by Gasteiger charge is -2.25. The number of nitrogens with zero attached hydrogens (tertiary/aromatic N) is 4. The molecule has 1 atom stereocenters. The van der Waals surface area contributed by atoms with Crippen LogP contribution in [0.2, 0.25) is 0 Å². The molecule has 1 unspecified atom stereocenters. The minimum Gasteiger partial charge on any atom is -0.489 e. The normalized spacial score (nSPS) is 12.5. The zero-order valence-corrected chi connectivity index (χ0v) is 22.9. The van der Waals surface area contributed by atoms with E-state index in [1.165, 1.54) is 13.1 Å². The zero-order valence-electron chi connectivity index (χ0n) is 22.9. The second-order valence-corrected chi connectivity index (χ2v) is 10.4. The number of amides is 1. The Bertz CT molecular complexity index is 1510. The number of aliphatic hydroxyl groups excluding tert-OH is 1. The summed E-state index contributed by atoms with van der Waals surface area (Å²) in [6.45, 7) is 7.65. The van der Waals surface area contributed by atoms with E-state index < -0.39 is 29.2 Å². The summed E-state index contributed by atoms with van der Waals surface area (Å²) in [7, 11) is 3.26. The van der Waals surface area contributed by atoms with Crippen LogP contribution in [0.15, 0.2) is 36.7 Å². The highest BCUT2D eigenvalue weighted by Gasteiger charge is 2.30. The number of hydrogen-bond acceptors (Lipinski definition) is 6. The number of alkyl carbamates (subject to hydrolysis) is 1. The third kappa shape index (κ3) is 5.73. The van der Waals surface area contributed by atoms with E-state index >= 15 is 4.39 Å². The molecule has 4 rings (SSSR count). The molecule has 3 heterocycles. The number of aliphatic hydroxyl groups is 1. The molecule has 0 bridgehead atoms. The van der Waals surface area contributed by atoms with E-state index in [2.05, 4.69) is 15.4 Å². The molecule has 0 saturated carbocycles. The first kappa shape index (κ1) is 28.0. The maximum absolute atomic E-state index is 15.1. The number of carbonyl (C=O) groups excluding carboxylic acids is 1. The number of imidazole rings is 1. The Labute approximate surface area is 225 Å². The van der Waals surface area contributed by atoms with E-state index in [-0.39, 0.29) is 19.0 Å². The fourth-order valence-electron chi connectivity index (χ4n) is 4.28. The van der Waals surface area contributed by atoms with Crippen molar-refractivity contribution >= 4 is 11.7 Å². The number of hydrogen-bond donors (Lipinski definition) is 2. The monoisotopic (exact) mass is 541 g/mol. The molecular formula is C28H33F2N5O4. The lowest BCUT2D eigenvalue weighted by Crippen LogP contribution is -2.20. The minimum atomic E-state index is -1.10. The Hall–Kier alpha value is -3.99. The van der Waals surface area contributed by atoms with Gasteiger partial charge in [0.1, 0.15) is 18.4 Å². The number of pyridine rings is 1. The van der Waals surface area contributed by atoms with Crippen LogP contribution in [-0.4, -0.2) is 44.0 Å². The van der Waals surface area contributed by atoms with Crippen LogP contribution < -0.4 is 10.1 Å². The van der Waals surface area contributed by atoms with Crippen molar-refractivity contribution in [1.29, 1.82) is 0 Å². The number of fused-ring (bicyclic) bond motifs is 1. The summed E-state index contributed by atoms with van der Waals surface area (Å²) < 4.78 is 43.8. The van der Waals surface area contributed by atoms with Gasteiger partial charge in [0.25, 0.3) is 0 Å². The van der Waals surface area contributed by atoms with Crippen LogP contribution in [0.1, 0.15) is 49.5 Å². The lowest BCUT2D eigenvalue weighted by molar-refractivity contribution is 0.0575. The molecule has 208 valence electrons. The summed E-state index contributed by atoms with van der Waals surface area (Å²) in [6.07, 6.45) is 2.22. The average Bonchev–Trinajstić information content (AvgIpc) is 3.43. The predicted molar refractivity (Wildman–Crippen MR) is 141 cm³/mol. The molecular weight excluding hydrogens is 508 g/mol. The van der Waals surface area contributed by atoms with Gasteiger partial charge >= 0.3 is 6.09 Å². The number of benzene rings is 1. The van der Waals surface area contributed by atoms with E-state index in [1.54, 1.807) is 40.7 Å². The minimum absolute atomic E-state index is 0.0291. The lowest BCUT2D eigenvalue weighted by atomic mass is 9.85. The summed E-state index contributed by atoms with van der Waals surface area (Å²) in [5.74, 6) is -2.35. The molecule has 2 N–H and O–H groups in total. The molecule has 1 amide bonds. The summed E-state index contributed by atoms with van der Waals surface area (Å²) in [5.41, 5.74) is 3.86. The molecule has 0 aliphatic carbocycles. The molecule has 39 heavy (non-hydrogen) atoms. The van der Waals surface area contributed by atoms with Crippen LogP contribution in [0.25, 0.3) is 16.8 Å². The number of rotatable bonds is 8. The van der Waals surface area contributed by atoms with Crippen molar-refractivity contribution in [3.8, 4) is 16.9 Å². The first-order chi connectivity index (χ1) is 18.4. The van der Waals surface area contributed by atoms with Crippen LogP contribution in [0.4, 0.5) is 13.6 Å². The Morgan fingerprint density at radius 2 is 1.95 bits per heavy atom. The number of halogens is 2. The quantitative estimate of drug-likeness (QED) is 0.330. The molecule has 0 radical (unpaired) electrons. The molecule has 0 fully saturated rings. The number of carbonyl (C=O) groups is 1. The van der Waals surface area contributed by atoms with Crippen molar-refractivity contribution < 1.29 is 28.2 Å². The highest BCUT2D eigenvalue weighted by atomic mass is 19.2. The summed E-state index contributed by atoms with van der Waals surface area (Å²) >= 11 is 0. The first-order valence-corrected chi connectivity index (χ1v) is 12.5. The fraction of sp³-hybridized carbons (Fsp3) is 0.393. The van der Waals surface area contributed by atoms with Crippen LogP contribution in [0, 0.1) is 24.0 Å². The van der Waals surface area contributed by atoms with Crippen molar-refractivity contribution in [3.05, 3.63) is 70.9 Å². The van der Waals surface area contributed by atoms with Crippen LogP contribution >= 0.6 is 0 Å². The second-order valence-electron chi connectivity index (χ2n) is 10.4. The van der Waals surface area contributed by atoms with Gasteiger partial charge in [0.05, 0.1) is 24.2 Å².